The van der Waals surface area contributed by atoms with E-state index < -0.39 is 0 Å². The lowest BCUT2D eigenvalue weighted by molar-refractivity contribution is -0.136. The molecule has 2 heterocycles. The molecule has 2 aromatic rings. The fourth-order valence-electron chi connectivity index (χ4n) is 3.05. The summed E-state index contributed by atoms with van der Waals surface area (Å²) in [4.78, 5) is 14.4. The van der Waals surface area contributed by atoms with Gasteiger partial charge in [0.25, 0.3) is 0 Å². The normalized spacial score (nSPS) is 23.4. The van der Waals surface area contributed by atoms with Crippen molar-refractivity contribution >= 4 is 16.9 Å². The van der Waals surface area contributed by atoms with Gasteiger partial charge in [-0.3, -0.25) is 4.79 Å². The molecule has 0 radical (unpaired) electrons. The van der Waals surface area contributed by atoms with Crippen molar-refractivity contribution in [3.63, 3.8) is 0 Å². The molecule has 4 nitrogen and oxygen atoms in total. The minimum atomic E-state index is -0.0577. The van der Waals surface area contributed by atoms with Gasteiger partial charge in [0.1, 0.15) is 11.3 Å². The van der Waals surface area contributed by atoms with Gasteiger partial charge in [-0.1, -0.05) is 18.2 Å². The Morgan fingerprint density at radius 1 is 1.43 bits per heavy atom. The highest BCUT2D eigenvalue weighted by Crippen LogP contribution is 2.28. The lowest BCUT2D eigenvalue weighted by Crippen LogP contribution is -2.39. The Balaban J connectivity index is 1.80. The highest BCUT2D eigenvalue weighted by Gasteiger charge is 2.33. The Morgan fingerprint density at radius 3 is 2.86 bits per heavy atom. The van der Waals surface area contributed by atoms with Crippen LogP contribution in [0.5, 0.6) is 0 Å². The van der Waals surface area contributed by atoms with Crippen molar-refractivity contribution in [3.05, 3.63) is 36.1 Å². The largest absolute Gasteiger partial charge is 0.459 e. The molecular weight excluding hydrogens is 264 g/mol. The van der Waals surface area contributed by atoms with E-state index in [1.807, 2.05) is 49.2 Å². The third kappa shape index (κ3) is 2.56. The van der Waals surface area contributed by atoms with Crippen molar-refractivity contribution < 1.29 is 9.21 Å². The number of nitrogens with one attached hydrogen (secondary N) is 1. The lowest BCUT2D eigenvalue weighted by Gasteiger charge is -2.27. The third-order valence-corrected chi connectivity index (χ3v) is 4.63. The van der Waals surface area contributed by atoms with Crippen LogP contribution in [0.25, 0.3) is 11.0 Å². The highest BCUT2D eigenvalue weighted by atomic mass is 16.3. The van der Waals surface area contributed by atoms with Gasteiger partial charge in [-0.15, -0.1) is 0 Å². The Hall–Kier alpha value is -1.81. The van der Waals surface area contributed by atoms with Crippen LogP contribution in [-0.4, -0.2) is 30.4 Å². The van der Waals surface area contributed by atoms with Gasteiger partial charge in [-0.25, -0.2) is 0 Å². The number of carbonyl (C=O) groups is 1. The van der Waals surface area contributed by atoms with Crippen molar-refractivity contribution in [3.8, 4) is 0 Å². The number of benzene rings is 1. The maximum atomic E-state index is 12.6. The average molecular weight is 286 g/mol. The second-order valence-electron chi connectivity index (χ2n) is 5.95. The molecule has 1 saturated heterocycles. The molecule has 0 spiro atoms. The lowest BCUT2D eigenvalue weighted by atomic mass is 9.99. The van der Waals surface area contributed by atoms with Gasteiger partial charge in [0.2, 0.25) is 5.91 Å². The number of hydrogen-bond donors (Lipinski definition) is 1. The Labute approximate surface area is 125 Å². The van der Waals surface area contributed by atoms with Crippen LogP contribution in [0.4, 0.5) is 0 Å². The smallest absolute Gasteiger partial charge is 0.227 e. The molecule has 1 aliphatic heterocycles. The van der Waals surface area contributed by atoms with Gasteiger partial charge in [0.15, 0.2) is 0 Å². The van der Waals surface area contributed by atoms with Crippen LogP contribution in [0, 0.1) is 5.92 Å². The van der Waals surface area contributed by atoms with Crippen LogP contribution in [0.3, 0.4) is 0 Å². The number of amides is 1. The molecule has 112 valence electrons. The molecule has 1 N–H and O–H groups in total. The first-order chi connectivity index (χ1) is 10.1. The number of nitrogens with zero attached hydrogens (tertiary/aromatic N) is 1. The van der Waals surface area contributed by atoms with E-state index in [4.69, 9.17) is 4.42 Å². The van der Waals surface area contributed by atoms with Crippen LogP contribution >= 0.6 is 0 Å². The summed E-state index contributed by atoms with van der Waals surface area (Å²) in [6.45, 7) is 5.02. The summed E-state index contributed by atoms with van der Waals surface area (Å²) in [6, 6.07) is 10.2. The van der Waals surface area contributed by atoms with Gasteiger partial charge < -0.3 is 14.6 Å². The molecular formula is C17H22N2O2. The second kappa shape index (κ2) is 5.53. The first kappa shape index (κ1) is 14.1. The first-order valence-corrected chi connectivity index (χ1v) is 7.56. The number of para-hydroxylation sites is 1. The van der Waals surface area contributed by atoms with E-state index in [0.717, 1.165) is 29.7 Å². The van der Waals surface area contributed by atoms with E-state index in [9.17, 15) is 4.79 Å². The molecule has 1 amide bonds. The monoisotopic (exact) mass is 286 g/mol. The van der Waals surface area contributed by atoms with Gasteiger partial charge in [0.05, 0.1) is 12.0 Å². The van der Waals surface area contributed by atoms with E-state index in [1.165, 1.54) is 0 Å². The van der Waals surface area contributed by atoms with Crippen molar-refractivity contribution in [1.29, 1.82) is 0 Å². The summed E-state index contributed by atoms with van der Waals surface area (Å²) >= 11 is 0. The molecule has 0 saturated carbocycles. The molecule has 3 unspecified atom stereocenters. The molecule has 0 aliphatic carbocycles. The first-order valence-electron chi connectivity index (χ1n) is 7.56. The number of hydrogen-bond acceptors (Lipinski definition) is 3. The molecule has 0 bridgehead atoms. The van der Waals surface area contributed by atoms with Crippen molar-refractivity contribution in [2.75, 3.05) is 13.6 Å². The van der Waals surface area contributed by atoms with E-state index >= 15 is 0 Å². The van der Waals surface area contributed by atoms with Crippen molar-refractivity contribution in [1.82, 2.24) is 10.2 Å². The third-order valence-electron chi connectivity index (χ3n) is 4.63. The van der Waals surface area contributed by atoms with E-state index in [-0.39, 0.29) is 23.9 Å². The summed E-state index contributed by atoms with van der Waals surface area (Å²) in [5, 5.41) is 4.41. The van der Waals surface area contributed by atoms with Gasteiger partial charge in [-0.2, -0.15) is 0 Å². The second-order valence-corrected chi connectivity index (χ2v) is 5.95. The predicted octanol–water partition coefficient (Wildman–Crippen LogP) is 2.95. The number of rotatable bonds is 3. The quantitative estimate of drug-likeness (QED) is 0.943. The molecule has 1 aromatic carbocycles. The molecule has 3 rings (SSSR count). The summed E-state index contributed by atoms with van der Waals surface area (Å²) in [5.41, 5.74) is 0.871. The fourth-order valence-corrected chi connectivity index (χ4v) is 3.05. The minimum Gasteiger partial charge on any atom is -0.459 e. The van der Waals surface area contributed by atoms with Crippen LogP contribution in [-0.2, 0) is 4.79 Å². The summed E-state index contributed by atoms with van der Waals surface area (Å²) in [7, 11) is 1.87. The Kier molecular flexibility index (Phi) is 3.72. The number of furan rings is 1. The number of fused-ring (bicyclic) bond motifs is 1. The summed E-state index contributed by atoms with van der Waals surface area (Å²) in [5.74, 6) is 1.10. The zero-order chi connectivity index (χ0) is 15.0. The average Bonchev–Trinajstić information content (AvgIpc) is 3.10. The minimum absolute atomic E-state index is 0.0577. The zero-order valence-electron chi connectivity index (χ0n) is 12.8. The maximum Gasteiger partial charge on any atom is 0.227 e. The van der Waals surface area contributed by atoms with E-state index in [1.54, 1.807) is 0 Å². The van der Waals surface area contributed by atoms with Crippen molar-refractivity contribution in [2.24, 2.45) is 5.92 Å². The van der Waals surface area contributed by atoms with Crippen LogP contribution in [0.1, 0.15) is 32.1 Å². The molecule has 1 aromatic heterocycles. The zero-order valence-corrected chi connectivity index (χ0v) is 12.8. The van der Waals surface area contributed by atoms with E-state index in [2.05, 4.69) is 12.2 Å². The van der Waals surface area contributed by atoms with Gasteiger partial charge in [0, 0.05) is 18.5 Å². The molecule has 4 heteroatoms. The number of carbonyl (C=O) groups excluding carboxylic acids is 1. The topological polar surface area (TPSA) is 45.5 Å². The standard InChI is InChI=1S/C17H22N2O2/c1-11-14(8-9-18-11)17(20)19(3)12(2)16-10-13-6-4-5-7-15(13)21-16/h4-7,10-12,14,18H,8-9H2,1-3H3. The summed E-state index contributed by atoms with van der Waals surface area (Å²) in [6.07, 6.45) is 0.914. The SMILES string of the molecule is CC1NCCC1C(=O)N(C)C(C)c1cc2ccccc2o1. The maximum absolute atomic E-state index is 12.6. The van der Waals surface area contributed by atoms with Crippen LogP contribution in [0.2, 0.25) is 0 Å². The summed E-state index contributed by atoms with van der Waals surface area (Å²) < 4.78 is 5.88. The molecule has 1 aliphatic rings. The van der Waals surface area contributed by atoms with Gasteiger partial charge in [-0.05, 0) is 38.9 Å². The van der Waals surface area contributed by atoms with E-state index in [0.29, 0.717) is 0 Å². The molecule has 21 heavy (non-hydrogen) atoms. The molecule has 1 fully saturated rings. The fraction of sp³-hybridized carbons (Fsp3) is 0.471. The van der Waals surface area contributed by atoms with Crippen LogP contribution in [0.15, 0.2) is 34.7 Å². The van der Waals surface area contributed by atoms with Gasteiger partial charge >= 0.3 is 0 Å². The predicted molar refractivity (Wildman–Crippen MR) is 83.0 cm³/mol. The molecule has 3 atom stereocenters. The Morgan fingerprint density at radius 2 is 2.19 bits per heavy atom. The van der Waals surface area contributed by atoms with Crippen molar-refractivity contribution in [2.45, 2.75) is 32.4 Å². The Bertz CT molecular complexity index is 616. The van der Waals surface area contributed by atoms with Crippen LogP contribution < -0.4 is 5.32 Å². The highest BCUT2D eigenvalue weighted by molar-refractivity contribution is 5.81.